The number of morpholine rings is 1. The quantitative estimate of drug-likeness (QED) is 0.489. The molecule has 2 aromatic carbocycles. The van der Waals surface area contributed by atoms with Crippen LogP contribution >= 0.6 is 11.3 Å². The van der Waals surface area contributed by atoms with Crippen molar-refractivity contribution in [1.82, 2.24) is 15.5 Å². The van der Waals surface area contributed by atoms with Crippen molar-refractivity contribution in [3.63, 3.8) is 0 Å². The van der Waals surface area contributed by atoms with E-state index in [1.165, 1.54) is 15.3 Å². The first kappa shape index (κ1) is 24.0. The lowest BCUT2D eigenvalue weighted by molar-refractivity contribution is 0.0346. The normalized spacial score (nSPS) is 17.5. The molecule has 184 valence electrons. The molecule has 0 aliphatic carbocycles. The summed E-state index contributed by atoms with van der Waals surface area (Å²) < 4.78 is 11.4. The molecular formula is C28H33N3O3S. The third-order valence-electron chi connectivity index (χ3n) is 6.66. The van der Waals surface area contributed by atoms with Crippen LogP contribution in [0.15, 0.2) is 54.6 Å². The van der Waals surface area contributed by atoms with Gasteiger partial charge < -0.3 is 20.1 Å². The number of hydrogen-bond donors (Lipinski definition) is 2. The molecule has 0 spiro atoms. The summed E-state index contributed by atoms with van der Waals surface area (Å²) >= 11 is 1.84. The highest BCUT2D eigenvalue weighted by molar-refractivity contribution is 7.15. The average molecular weight is 492 g/mol. The van der Waals surface area contributed by atoms with Crippen LogP contribution in [0.1, 0.15) is 39.3 Å². The number of amides is 1. The van der Waals surface area contributed by atoms with Gasteiger partial charge in [-0.2, -0.15) is 0 Å². The van der Waals surface area contributed by atoms with Gasteiger partial charge in [0.05, 0.1) is 19.3 Å². The maximum absolute atomic E-state index is 13.1. The Morgan fingerprint density at radius 3 is 2.77 bits per heavy atom. The molecule has 35 heavy (non-hydrogen) atoms. The monoisotopic (exact) mass is 491 g/mol. The zero-order valence-electron chi connectivity index (χ0n) is 20.4. The number of nitrogens with one attached hydrogen (secondary N) is 2. The molecule has 2 aliphatic heterocycles. The number of carbonyl (C=O) groups is 1. The van der Waals surface area contributed by atoms with Gasteiger partial charge in [0, 0.05) is 48.0 Å². The van der Waals surface area contributed by atoms with Gasteiger partial charge in [0.15, 0.2) is 0 Å². The Kier molecular flexibility index (Phi) is 7.48. The number of rotatable bonds is 8. The number of carbonyl (C=O) groups excluding carboxylic acids is 1. The number of hydrogen-bond acceptors (Lipinski definition) is 6. The summed E-state index contributed by atoms with van der Waals surface area (Å²) in [7, 11) is 0. The van der Waals surface area contributed by atoms with E-state index in [1.807, 2.05) is 43.4 Å². The summed E-state index contributed by atoms with van der Waals surface area (Å²) in [6, 6.07) is 18.5. The SMILES string of the molecule is Cc1ccc(OC2CNC2)cc1C(=O)NC(C)c1cccc(-c2ccc(CN3CCOCC3)s2)c1. The molecule has 2 N–H and O–H groups in total. The minimum absolute atomic E-state index is 0.0819. The van der Waals surface area contributed by atoms with E-state index in [1.54, 1.807) is 0 Å². The van der Waals surface area contributed by atoms with Crippen molar-refractivity contribution in [3.8, 4) is 16.2 Å². The van der Waals surface area contributed by atoms with Crippen LogP contribution in [0.25, 0.3) is 10.4 Å². The maximum Gasteiger partial charge on any atom is 0.252 e. The lowest BCUT2D eigenvalue weighted by atomic mass is 10.0. The zero-order chi connectivity index (χ0) is 24.2. The van der Waals surface area contributed by atoms with Gasteiger partial charge in [-0.05, 0) is 60.9 Å². The van der Waals surface area contributed by atoms with Crippen LogP contribution in [-0.4, -0.2) is 56.3 Å². The van der Waals surface area contributed by atoms with Crippen LogP contribution < -0.4 is 15.4 Å². The van der Waals surface area contributed by atoms with Gasteiger partial charge in [-0.1, -0.05) is 24.3 Å². The molecule has 0 bridgehead atoms. The molecule has 0 radical (unpaired) electrons. The highest BCUT2D eigenvalue weighted by Gasteiger charge is 2.20. The summed E-state index contributed by atoms with van der Waals surface area (Å²) in [5, 5.41) is 6.38. The second-order valence-electron chi connectivity index (χ2n) is 9.35. The van der Waals surface area contributed by atoms with E-state index in [2.05, 4.69) is 51.9 Å². The lowest BCUT2D eigenvalue weighted by Crippen LogP contribution is -2.50. The van der Waals surface area contributed by atoms with Crippen LogP contribution in [0.2, 0.25) is 0 Å². The van der Waals surface area contributed by atoms with Crippen molar-refractivity contribution in [2.45, 2.75) is 32.5 Å². The second kappa shape index (κ2) is 10.9. The zero-order valence-corrected chi connectivity index (χ0v) is 21.2. The van der Waals surface area contributed by atoms with Gasteiger partial charge in [0.2, 0.25) is 0 Å². The molecule has 3 heterocycles. The van der Waals surface area contributed by atoms with Gasteiger partial charge >= 0.3 is 0 Å². The molecule has 0 saturated carbocycles. The van der Waals surface area contributed by atoms with Crippen molar-refractivity contribution in [1.29, 1.82) is 0 Å². The fraction of sp³-hybridized carbons (Fsp3) is 0.393. The Hall–Kier alpha value is -2.71. The van der Waals surface area contributed by atoms with Gasteiger partial charge in [-0.25, -0.2) is 0 Å². The van der Waals surface area contributed by atoms with Crippen LogP contribution in [0.5, 0.6) is 5.75 Å². The molecule has 2 aliphatic rings. The molecule has 2 saturated heterocycles. The molecule has 7 heteroatoms. The molecule has 1 atom stereocenters. The molecule has 1 amide bonds. The summed E-state index contributed by atoms with van der Waals surface area (Å²) in [6.45, 7) is 10.3. The van der Waals surface area contributed by atoms with Gasteiger partial charge in [0.25, 0.3) is 5.91 Å². The summed E-state index contributed by atoms with van der Waals surface area (Å²) in [5.74, 6) is 0.661. The number of benzene rings is 2. The first-order valence-corrected chi connectivity index (χ1v) is 13.1. The molecule has 3 aromatic rings. The van der Waals surface area contributed by atoms with Gasteiger partial charge in [-0.15, -0.1) is 11.3 Å². The van der Waals surface area contributed by atoms with Crippen molar-refractivity contribution in [3.05, 3.63) is 76.2 Å². The number of ether oxygens (including phenoxy) is 2. The van der Waals surface area contributed by atoms with E-state index in [9.17, 15) is 4.79 Å². The largest absolute Gasteiger partial charge is 0.488 e. The van der Waals surface area contributed by atoms with E-state index in [0.717, 1.165) is 62.8 Å². The number of aryl methyl sites for hydroxylation is 1. The first-order valence-electron chi connectivity index (χ1n) is 12.3. The Balaban J connectivity index is 1.25. The van der Waals surface area contributed by atoms with E-state index >= 15 is 0 Å². The summed E-state index contributed by atoms with van der Waals surface area (Å²) in [4.78, 5) is 18.2. The first-order chi connectivity index (χ1) is 17.0. The molecule has 5 rings (SSSR count). The maximum atomic E-state index is 13.1. The highest BCUT2D eigenvalue weighted by atomic mass is 32.1. The highest BCUT2D eigenvalue weighted by Crippen LogP contribution is 2.31. The standard InChI is InChI=1S/C28H33N3O3S/c1-19-6-7-23(34-24-16-29-17-24)15-26(19)28(32)30-20(2)21-4-3-5-22(14-21)27-9-8-25(35-27)18-31-10-12-33-13-11-31/h3-9,14-15,20,24,29H,10-13,16-18H2,1-2H3,(H,30,32). The van der Waals surface area contributed by atoms with Crippen molar-refractivity contribution < 1.29 is 14.3 Å². The minimum Gasteiger partial charge on any atom is -0.488 e. The fourth-order valence-electron chi connectivity index (χ4n) is 4.37. The third-order valence-corrected chi connectivity index (χ3v) is 7.78. The van der Waals surface area contributed by atoms with Crippen LogP contribution in [0.3, 0.4) is 0 Å². The number of thiophene rings is 1. The van der Waals surface area contributed by atoms with Crippen LogP contribution in [0, 0.1) is 6.92 Å². The Morgan fingerprint density at radius 2 is 2.00 bits per heavy atom. The van der Waals surface area contributed by atoms with Gasteiger partial charge in [0.1, 0.15) is 11.9 Å². The van der Waals surface area contributed by atoms with E-state index in [-0.39, 0.29) is 18.1 Å². The third kappa shape index (κ3) is 5.93. The molecular weight excluding hydrogens is 458 g/mol. The van der Waals surface area contributed by atoms with E-state index in [0.29, 0.717) is 5.56 Å². The summed E-state index contributed by atoms with van der Waals surface area (Å²) in [6.07, 6.45) is 0.182. The van der Waals surface area contributed by atoms with E-state index in [4.69, 9.17) is 9.47 Å². The van der Waals surface area contributed by atoms with Crippen molar-refractivity contribution in [2.75, 3.05) is 39.4 Å². The average Bonchev–Trinajstić information content (AvgIpc) is 3.31. The van der Waals surface area contributed by atoms with Gasteiger partial charge in [-0.3, -0.25) is 9.69 Å². The molecule has 6 nitrogen and oxygen atoms in total. The van der Waals surface area contributed by atoms with Crippen molar-refractivity contribution in [2.24, 2.45) is 0 Å². The van der Waals surface area contributed by atoms with Crippen LogP contribution in [-0.2, 0) is 11.3 Å². The number of nitrogens with zero attached hydrogens (tertiary/aromatic N) is 1. The predicted molar refractivity (Wildman–Crippen MR) is 140 cm³/mol. The smallest absolute Gasteiger partial charge is 0.252 e. The molecule has 1 unspecified atom stereocenters. The Morgan fingerprint density at radius 1 is 1.17 bits per heavy atom. The lowest BCUT2D eigenvalue weighted by Gasteiger charge is -2.28. The minimum atomic E-state index is -0.116. The predicted octanol–water partition coefficient (Wildman–Crippen LogP) is 4.40. The molecule has 1 aromatic heterocycles. The van der Waals surface area contributed by atoms with E-state index < -0.39 is 0 Å². The van der Waals surface area contributed by atoms with Crippen LogP contribution in [0.4, 0.5) is 0 Å². The Bertz CT molecular complexity index is 1170. The fourth-order valence-corrected chi connectivity index (χ4v) is 5.42. The summed E-state index contributed by atoms with van der Waals surface area (Å²) in [5.41, 5.74) is 3.87. The van der Waals surface area contributed by atoms with Crippen molar-refractivity contribution >= 4 is 17.2 Å². The second-order valence-corrected chi connectivity index (χ2v) is 10.5. The topological polar surface area (TPSA) is 62.8 Å². The Labute approximate surface area is 211 Å². The molecule has 2 fully saturated rings.